The second-order valence-electron chi connectivity index (χ2n) is 12.3. The van der Waals surface area contributed by atoms with Crippen molar-refractivity contribution in [2.24, 2.45) is 0 Å². The molecular formula is C32H62O6. The van der Waals surface area contributed by atoms with Gasteiger partial charge >= 0.3 is 11.9 Å². The summed E-state index contributed by atoms with van der Waals surface area (Å²) in [5.74, 6) is -0.635. The van der Waals surface area contributed by atoms with Crippen LogP contribution in [0.5, 0.6) is 0 Å². The molecule has 0 rings (SSSR count). The molecule has 0 aromatic rings. The first-order valence-electron chi connectivity index (χ1n) is 15.9. The van der Waals surface area contributed by atoms with Crippen molar-refractivity contribution in [2.45, 2.75) is 194 Å². The molecule has 0 spiro atoms. The molecule has 0 radical (unpaired) electrons. The summed E-state index contributed by atoms with van der Waals surface area (Å²) < 4.78 is 0. The van der Waals surface area contributed by atoms with E-state index in [9.17, 15) is 9.59 Å². The third kappa shape index (κ3) is 25.2. The molecule has 6 nitrogen and oxygen atoms in total. The largest absolute Gasteiger partial charge is 0.342 e. The molecule has 0 N–H and O–H groups in total. The van der Waals surface area contributed by atoms with Crippen molar-refractivity contribution in [1.29, 1.82) is 0 Å². The van der Waals surface area contributed by atoms with E-state index in [4.69, 9.17) is 19.6 Å². The van der Waals surface area contributed by atoms with E-state index in [1.807, 2.05) is 27.7 Å². The monoisotopic (exact) mass is 542 g/mol. The molecule has 226 valence electrons. The summed E-state index contributed by atoms with van der Waals surface area (Å²) in [6.07, 6.45) is 23.7. The van der Waals surface area contributed by atoms with Gasteiger partial charge in [-0.2, -0.15) is 9.78 Å². The Morgan fingerprint density at radius 2 is 0.711 bits per heavy atom. The number of unbranched alkanes of at least 4 members (excludes halogenated alkanes) is 16. The minimum absolute atomic E-state index is 0.318. The number of hydrogen-bond donors (Lipinski definition) is 0. The smallest absolute Gasteiger partial charge is 0.298 e. The third-order valence-electron chi connectivity index (χ3n) is 7.02. The fourth-order valence-electron chi connectivity index (χ4n) is 4.25. The minimum atomic E-state index is -0.657. The van der Waals surface area contributed by atoms with Gasteiger partial charge in [-0.25, -0.2) is 9.59 Å². The molecule has 0 amide bonds. The van der Waals surface area contributed by atoms with Crippen molar-refractivity contribution in [3.05, 3.63) is 0 Å². The van der Waals surface area contributed by atoms with Gasteiger partial charge in [0, 0.05) is 12.8 Å². The molecule has 0 bridgehead atoms. The van der Waals surface area contributed by atoms with Crippen molar-refractivity contribution >= 4 is 11.9 Å². The number of carbonyl (C=O) groups is 2. The van der Waals surface area contributed by atoms with E-state index in [1.54, 1.807) is 0 Å². The summed E-state index contributed by atoms with van der Waals surface area (Å²) in [6, 6.07) is 0. The zero-order chi connectivity index (χ0) is 28.5. The van der Waals surface area contributed by atoms with Gasteiger partial charge in [-0.1, -0.05) is 117 Å². The van der Waals surface area contributed by atoms with Crippen molar-refractivity contribution in [3.8, 4) is 0 Å². The Morgan fingerprint density at radius 3 is 1.00 bits per heavy atom. The highest BCUT2D eigenvalue weighted by atomic mass is 17.2. The average molecular weight is 543 g/mol. The number of rotatable bonds is 27. The molecule has 0 heterocycles. The fourth-order valence-corrected chi connectivity index (χ4v) is 4.25. The lowest BCUT2D eigenvalue weighted by atomic mass is 9.94. The molecule has 0 aromatic carbocycles. The topological polar surface area (TPSA) is 71.1 Å². The standard InChI is InChI=1S/C32H62O6/c1-7-9-11-13-15-17-19-21-23-25-29(33)35-37-31(3,4)27-28-32(5,6)38-36-30(34)26-24-22-20-18-16-14-12-10-8-2/h7-28H2,1-6H3. The molecule has 6 heteroatoms. The third-order valence-corrected chi connectivity index (χ3v) is 7.02. The summed E-state index contributed by atoms with van der Waals surface area (Å²) in [5, 5.41) is 0. The highest BCUT2D eigenvalue weighted by Crippen LogP contribution is 2.26. The summed E-state index contributed by atoms with van der Waals surface area (Å²) in [7, 11) is 0. The van der Waals surface area contributed by atoms with Gasteiger partial charge < -0.3 is 0 Å². The highest BCUT2D eigenvalue weighted by molar-refractivity contribution is 5.68. The predicted molar refractivity (Wildman–Crippen MR) is 155 cm³/mol. The second-order valence-corrected chi connectivity index (χ2v) is 12.3. The molecule has 0 aliphatic rings. The van der Waals surface area contributed by atoms with Crippen LogP contribution in [0.4, 0.5) is 0 Å². The van der Waals surface area contributed by atoms with Gasteiger partial charge in [0.15, 0.2) is 0 Å². The lowest BCUT2D eigenvalue weighted by Gasteiger charge is -2.28. The van der Waals surface area contributed by atoms with Crippen molar-refractivity contribution in [2.75, 3.05) is 0 Å². The predicted octanol–water partition coefficient (Wildman–Crippen LogP) is 10.1. The van der Waals surface area contributed by atoms with E-state index < -0.39 is 11.2 Å². The normalized spacial score (nSPS) is 12.1. The van der Waals surface area contributed by atoms with Crippen molar-refractivity contribution in [1.82, 2.24) is 0 Å². The lowest BCUT2D eigenvalue weighted by molar-refractivity contribution is -0.340. The van der Waals surface area contributed by atoms with Gasteiger partial charge in [-0.15, -0.1) is 0 Å². The Morgan fingerprint density at radius 1 is 0.447 bits per heavy atom. The van der Waals surface area contributed by atoms with Crippen LogP contribution in [0.1, 0.15) is 183 Å². The first-order chi connectivity index (χ1) is 18.1. The average Bonchev–Trinajstić information content (AvgIpc) is 2.88. The van der Waals surface area contributed by atoms with Gasteiger partial charge in [0.05, 0.1) is 0 Å². The molecule has 0 fully saturated rings. The van der Waals surface area contributed by atoms with Gasteiger partial charge in [-0.3, -0.25) is 9.78 Å². The van der Waals surface area contributed by atoms with Crippen LogP contribution in [0, 0.1) is 0 Å². The van der Waals surface area contributed by atoms with Gasteiger partial charge in [-0.05, 0) is 53.4 Å². The molecular weight excluding hydrogens is 480 g/mol. The van der Waals surface area contributed by atoms with Crippen LogP contribution in [0.2, 0.25) is 0 Å². The first kappa shape index (κ1) is 36.9. The Bertz CT molecular complexity index is 522. The Balaban J connectivity index is 3.86. The highest BCUT2D eigenvalue weighted by Gasteiger charge is 2.29. The van der Waals surface area contributed by atoms with E-state index >= 15 is 0 Å². The van der Waals surface area contributed by atoms with Crippen LogP contribution in [0.15, 0.2) is 0 Å². The molecule has 0 aliphatic heterocycles. The molecule has 0 saturated carbocycles. The Labute approximate surface area is 235 Å². The molecule has 38 heavy (non-hydrogen) atoms. The lowest BCUT2D eigenvalue weighted by Crippen LogP contribution is -2.32. The molecule has 0 aliphatic carbocycles. The maximum Gasteiger partial charge on any atom is 0.342 e. The second kappa shape index (κ2) is 23.7. The summed E-state index contributed by atoms with van der Waals surface area (Å²) >= 11 is 0. The maximum absolute atomic E-state index is 12.0. The number of hydrogen-bond acceptors (Lipinski definition) is 6. The summed E-state index contributed by atoms with van der Waals surface area (Å²) in [4.78, 5) is 45.1. The van der Waals surface area contributed by atoms with E-state index in [-0.39, 0.29) is 11.9 Å². The quantitative estimate of drug-likeness (QED) is 0.0584. The zero-order valence-corrected chi connectivity index (χ0v) is 26.0. The zero-order valence-electron chi connectivity index (χ0n) is 26.0. The van der Waals surface area contributed by atoms with Crippen molar-refractivity contribution < 1.29 is 29.1 Å². The van der Waals surface area contributed by atoms with E-state index in [0.29, 0.717) is 25.7 Å². The van der Waals surface area contributed by atoms with E-state index in [0.717, 1.165) is 25.7 Å². The molecule has 0 unspecified atom stereocenters. The Kier molecular flexibility index (Phi) is 23.0. The Hall–Kier alpha value is -1.14. The van der Waals surface area contributed by atoms with Crippen LogP contribution >= 0.6 is 0 Å². The SMILES string of the molecule is CCCCCCCCCCCC(=O)OOC(C)(C)CCC(C)(C)OOC(=O)CCCCCCCCCCC. The summed E-state index contributed by atoms with van der Waals surface area (Å²) in [6.45, 7) is 12.0. The van der Waals surface area contributed by atoms with Gasteiger partial charge in [0.1, 0.15) is 11.2 Å². The molecule has 0 saturated heterocycles. The van der Waals surface area contributed by atoms with E-state index in [2.05, 4.69) is 13.8 Å². The van der Waals surface area contributed by atoms with Crippen LogP contribution < -0.4 is 0 Å². The van der Waals surface area contributed by atoms with Crippen molar-refractivity contribution in [3.63, 3.8) is 0 Å². The van der Waals surface area contributed by atoms with Crippen LogP contribution in [0.3, 0.4) is 0 Å². The van der Waals surface area contributed by atoms with E-state index in [1.165, 1.54) is 89.9 Å². The van der Waals surface area contributed by atoms with Crippen LogP contribution in [-0.2, 0) is 29.1 Å². The minimum Gasteiger partial charge on any atom is -0.298 e. The fraction of sp³-hybridized carbons (Fsp3) is 0.938. The molecule has 0 aromatic heterocycles. The summed E-state index contributed by atoms with van der Waals surface area (Å²) in [5.41, 5.74) is -1.31. The van der Waals surface area contributed by atoms with Crippen LogP contribution in [-0.4, -0.2) is 23.1 Å². The van der Waals surface area contributed by atoms with Gasteiger partial charge in [0.25, 0.3) is 0 Å². The maximum atomic E-state index is 12.0. The van der Waals surface area contributed by atoms with Gasteiger partial charge in [0.2, 0.25) is 0 Å². The molecule has 0 atom stereocenters. The van der Waals surface area contributed by atoms with Crippen LogP contribution in [0.25, 0.3) is 0 Å². The first-order valence-corrected chi connectivity index (χ1v) is 15.9. The number of carbonyl (C=O) groups excluding carboxylic acids is 2.